The van der Waals surface area contributed by atoms with E-state index in [2.05, 4.69) is 33.9 Å². The van der Waals surface area contributed by atoms with Gasteiger partial charge < -0.3 is 23.3 Å². The molecule has 0 aliphatic carbocycles. The van der Waals surface area contributed by atoms with Crippen LogP contribution in [0, 0.1) is 6.92 Å². The van der Waals surface area contributed by atoms with Crippen molar-refractivity contribution in [2.75, 3.05) is 13.7 Å². The lowest BCUT2D eigenvalue weighted by atomic mass is 10.2. The van der Waals surface area contributed by atoms with Crippen molar-refractivity contribution in [2.24, 2.45) is 0 Å². The fourth-order valence-corrected chi connectivity index (χ4v) is 3.65. The van der Waals surface area contributed by atoms with Gasteiger partial charge >= 0.3 is 5.97 Å². The van der Waals surface area contributed by atoms with Gasteiger partial charge in [-0.3, -0.25) is 0 Å². The van der Waals surface area contributed by atoms with Crippen LogP contribution in [0.5, 0.6) is 5.75 Å². The number of furan rings is 1. The molecular formula is C19H29NO5Si. The van der Waals surface area contributed by atoms with Crippen LogP contribution < -0.4 is 4.43 Å². The maximum absolute atomic E-state index is 12.7. The Kier molecular flexibility index (Phi) is 5.72. The summed E-state index contributed by atoms with van der Waals surface area (Å²) in [6.45, 7) is 12.8. The second-order valence-corrected chi connectivity index (χ2v) is 12.6. The van der Waals surface area contributed by atoms with Gasteiger partial charge in [0.2, 0.25) is 0 Å². The van der Waals surface area contributed by atoms with E-state index in [-0.39, 0.29) is 11.6 Å². The van der Waals surface area contributed by atoms with E-state index < -0.39 is 14.3 Å². The topological polar surface area (TPSA) is 73.8 Å². The molecule has 1 N–H and O–H groups in total. The zero-order valence-electron chi connectivity index (χ0n) is 16.7. The fourth-order valence-electron chi connectivity index (χ4n) is 2.59. The molecule has 0 unspecified atom stereocenters. The molecule has 2 aromatic heterocycles. The third kappa shape index (κ3) is 3.59. The molecule has 6 nitrogen and oxygen atoms in total. The maximum Gasteiger partial charge on any atom is 0.343 e. The summed E-state index contributed by atoms with van der Waals surface area (Å²) >= 11 is 0. The lowest BCUT2D eigenvalue weighted by Gasteiger charge is -2.36. The first-order valence-electron chi connectivity index (χ1n) is 8.70. The van der Waals surface area contributed by atoms with Gasteiger partial charge in [-0.2, -0.15) is 0 Å². The van der Waals surface area contributed by atoms with Gasteiger partial charge in [0.15, 0.2) is 5.76 Å². The fraction of sp³-hybridized carbons (Fsp3) is 0.526. The predicted molar refractivity (Wildman–Crippen MR) is 103 cm³/mol. The first-order chi connectivity index (χ1) is 12.0. The van der Waals surface area contributed by atoms with Gasteiger partial charge in [0.1, 0.15) is 17.0 Å². The molecule has 144 valence electrons. The molecule has 2 aromatic rings. The highest BCUT2D eigenvalue weighted by molar-refractivity contribution is 6.74. The summed E-state index contributed by atoms with van der Waals surface area (Å²) in [5.74, 6) is 0.570. The SMILES string of the molecule is COC(=O)c1c(O[Si](C)(C)C(C)(C)C)c(C)n(CCO)c1-c1ccco1. The molecule has 0 aromatic carbocycles. The van der Waals surface area contributed by atoms with Crippen molar-refractivity contribution in [1.82, 2.24) is 4.57 Å². The van der Waals surface area contributed by atoms with E-state index in [0.29, 0.717) is 29.3 Å². The van der Waals surface area contributed by atoms with E-state index in [0.717, 1.165) is 5.69 Å². The Morgan fingerprint density at radius 1 is 1.35 bits per heavy atom. The van der Waals surface area contributed by atoms with E-state index >= 15 is 0 Å². The molecule has 0 spiro atoms. The number of carbonyl (C=O) groups excluding carboxylic acids is 1. The third-order valence-electron chi connectivity index (χ3n) is 5.10. The normalized spacial score (nSPS) is 12.3. The number of methoxy groups -OCH3 is 1. The highest BCUT2D eigenvalue weighted by Crippen LogP contribution is 2.43. The quantitative estimate of drug-likeness (QED) is 0.601. The van der Waals surface area contributed by atoms with Crippen LogP contribution in [-0.2, 0) is 11.3 Å². The standard InChI is InChI=1S/C19H29NO5Si/c1-13-17(25-26(6,7)19(2,3)4)15(18(22)23-5)16(20(13)10-11-21)14-9-8-12-24-14/h8-9,12,21H,10-11H2,1-7H3. The van der Waals surface area contributed by atoms with Crippen molar-refractivity contribution >= 4 is 14.3 Å². The van der Waals surface area contributed by atoms with Crippen molar-refractivity contribution in [3.63, 3.8) is 0 Å². The third-order valence-corrected chi connectivity index (χ3v) is 9.43. The van der Waals surface area contributed by atoms with E-state index in [1.807, 2.05) is 11.5 Å². The van der Waals surface area contributed by atoms with Crippen molar-refractivity contribution in [3.8, 4) is 17.2 Å². The molecule has 0 radical (unpaired) electrons. The summed E-state index contributed by atoms with van der Waals surface area (Å²) in [6.07, 6.45) is 1.55. The van der Waals surface area contributed by atoms with Gasteiger partial charge in [0, 0.05) is 6.54 Å². The number of nitrogens with zero attached hydrogens (tertiary/aromatic N) is 1. The zero-order valence-corrected chi connectivity index (χ0v) is 17.7. The number of aliphatic hydroxyl groups is 1. The van der Waals surface area contributed by atoms with Gasteiger partial charge in [-0.15, -0.1) is 0 Å². The Labute approximate surface area is 155 Å². The highest BCUT2D eigenvalue weighted by Gasteiger charge is 2.41. The lowest BCUT2D eigenvalue weighted by molar-refractivity contribution is 0.0599. The largest absolute Gasteiger partial charge is 0.542 e. The minimum absolute atomic E-state index is 0.0310. The average molecular weight is 380 g/mol. The second-order valence-electron chi connectivity index (χ2n) is 7.84. The van der Waals surface area contributed by atoms with Crippen LogP contribution in [0.15, 0.2) is 22.8 Å². The van der Waals surface area contributed by atoms with Crippen LogP contribution in [0.3, 0.4) is 0 Å². The van der Waals surface area contributed by atoms with Crippen molar-refractivity contribution in [1.29, 1.82) is 0 Å². The Hall–Kier alpha value is -1.99. The monoisotopic (exact) mass is 379 g/mol. The predicted octanol–water partition coefficient (Wildman–Crippen LogP) is 4.22. The molecule has 2 heterocycles. The molecule has 0 saturated carbocycles. The summed E-state index contributed by atoms with van der Waals surface area (Å²) in [7, 11) is -0.848. The second kappa shape index (κ2) is 7.32. The summed E-state index contributed by atoms with van der Waals surface area (Å²) in [5, 5.41) is 9.49. The summed E-state index contributed by atoms with van der Waals surface area (Å²) in [4.78, 5) is 12.7. The molecule has 2 rings (SSSR count). The number of hydrogen-bond donors (Lipinski definition) is 1. The zero-order chi connectivity index (χ0) is 19.7. The number of aromatic nitrogens is 1. The minimum Gasteiger partial charge on any atom is -0.542 e. The number of esters is 1. The Balaban J connectivity index is 2.75. The van der Waals surface area contributed by atoms with Gasteiger partial charge in [-0.05, 0) is 37.2 Å². The molecule has 7 heteroatoms. The highest BCUT2D eigenvalue weighted by atomic mass is 28.4. The van der Waals surface area contributed by atoms with Crippen LogP contribution in [0.1, 0.15) is 36.8 Å². The number of carbonyl (C=O) groups is 1. The van der Waals surface area contributed by atoms with Crippen LogP contribution in [0.25, 0.3) is 11.5 Å². The molecule has 0 amide bonds. The molecule has 0 fully saturated rings. The average Bonchev–Trinajstić information content (AvgIpc) is 3.15. The number of aliphatic hydroxyl groups excluding tert-OH is 1. The number of rotatable bonds is 6. The summed E-state index contributed by atoms with van der Waals surface area (Å²) in [5.41, 5.74) is 1.69. The van der Waals surface area contributed by atoms with Crippen molar-refractivity contribution < 1.29 is 23.5 Å². The molecule has 26 heavy (non-hydrogen) atoms. The Bertz CT molecular complexity index is 769. The lowest BCUT2D eigenvalue weighted by Crippen LogP contribution is -2.44. The van der Waals surface area contributed by atoms with Gasteiger partial charge in [-0.25, -0.2) is 4.79 Å². The van der Waals surface area contributed by atoms with Gasteiger partial charge in [0.25, 0.3) is 8.32 Å². The van der Waals surface area contributed by atoms with Crippen LogP contribution in [0.2, 0.25) is 18.1 Å². The number of hydrogen-bond acceptors (Lipinski definition) is 5. The van der Waals surface area contributed by atoms with Crippen LogP contribution in [0.4, 0.5) is 0 Å². The molecule has 0 aliphatic rings. The first-order valence-corrected chi connectivity index (χ1v) is 11.6. The van der Waals surface area contributed by atoms with E-state index in [1.165, 1.54) is 7.11 Å². The summed E-state index contributed by atoms with van der Waals surface area (Å²) in [6, 6.07) is 3.54. The smallest absolute Gasteiger partial charge is 0.343 e. The Morgan fingerprint density at radius 3 is 2.46 bits per heavy atom. The first kappa shape index (κ1) is 20.3. The Morgan fingerprint density at radius 2 is 2.00 bits per heavy atom. The van der Waals surface area contributed by atoms with E-state index in [4.69, 9.17) is 13.6 Å². The molecule has 0 atom stereocenters. The molecule has 0 aliphatic heterocycles. The van der Waals surface area contributed by atoms with E-state index in [1.54, 1.807) is 18.4 Å². The van der Waals surface area contributed by atoms with E-state index in [9.17, 15) is 9.90 Å². The van der Waals surface area contributed by atoms with Gasteiger partial charge in [0.05, 0.1) is 25.7 Å². The molecule has 0 bridgehead atoms. The van der Waals surface area contributed by atoms with Crippen molar-refractivity contribution in [3.05, 3.63) is 29.7 Å². The van der Waals surface area contributed by atoms with Gasteiger partial charge in [-0.1, -0.05) is 20.8 Å². The van der Waals surface area contributed by atoms with Crippen LogP contribution >= 0.6 is 0 Å². The minimum atomic E-state index is -2.20. The van der Waals surface area contributed by atoms with Crippen LogP contribution in [-0.4, -0.2) is 37.7 Å². The number of ether oxygens (including phenoxy) is 1. The summed E-state index contributed by atoms with van der Waals surface area (Å²) < 4.78 is 19.0. The maximum atomic E-state index is 12.7. The molecular weight excluding hydrogens is 350 g/mol. The van der Waals surface area contributed by atoms with Crippen molar-refractivity contribution in [2.45, 2.75) is 52.4 Å². The molecule has 0 saturated heterocycles.